The lowest BCUT2D eigenvalue weighted by Crippen LogP contribution is -2.19. The molecule has 132 valence electrons. The minimum atomic E-state index is -0.379. The zero-order valence-corrected chi connectivity index (χ0v) is 16.0. The maximum absolute atomic E-state index is 12.4. The first-order chi connectivity index (χ1) is 12.0. The first-order valence-electron chi connectivity index (χ1n) is 7.40. The molecular formula is C18H19BrN2O4. The Bertz CT molecular complexity index is 763. The van der Waals surface area contributed by atoms with Crippen LogP contribution in [0, 0.1) is 0 Å². The van der Waals surface area contributed by atoms with E-state index in [-0.39, 0.29) is 5.91 Å². The molecule has 2 aromatic carbocycles. The second-order valence-electron chi connectivity index (χ2n) is 5.06. The SMILES string of the molecule is COc1cc(C(=O)NN=C(C)c2ccc(Br)cc2)cc(OC)c1OC. The Morgan fingerprint density at radius 1 is 0.960 bits per heavy atom. The van der Waals surface area contributed by atoms with Crippen LogP contribution in [0.15, 0.2) is 46.0 Å². The van der Waals surface area contributed by atoms with Crippen LogP contribution in [0.2, 0.25) is 0 Å². The molecule has 2 rings (SSSR count). The molecule has 0 unspecified atom stereocenters. The molecule has 0 atom stereocenters. The second-order valence-corrected chi connectivity index (χ2v) is 5.97. The second kappa shape index (κ2) is 8.53. The fraction of sp³-hybridized carbons (Fsp3) is 0.222. The van der Waals surface area contributed by atoms with Gasteiger partial charge in [-0.3, -0.25) is 4.79 Å². The highest BCUT2D eigenvalue weighted by Gasteiger charge is 2.16. The number of methoxy groups -OCH3 is 3. The fourth-order valence-corrected chi connectivity index (χ4v) is 2.43. The van der Waals surface area contributed by atoms with Crippen LogP contribution >= 0.6 is 15.9 Å². The van der Waals surface area contributed by atoms with Crippen molar-refractivity contribution in [2.24, 2.45) is 5.10 Å². The molecule has 0 aliphatic rings. The molecule has 2 aromatic rings. The van der Waals surface area contributed by atoms with E-state index < -0.39 is 0 Å². The summed E-state index contributed by atoms with van der Waals surface area (Å²) in [7, 11) is 4.50. The molecule has 0 radical (unpaired) electrons. The van der Waals surface area contributed by atoms with Crippen molar-refractivity contribution >= 4 is 27.5 Å². The molecule has 0 aliphatic heterocycles. The van der Waals surface area contributed by atoms with Crippen molar-refractivity contribution in [2.75, 3.05) is 21.3 Å². The number of benzene rings is 2. The van der Waals surface area contributed by atoms with Crippen molar-refractivity contribution in [3.05, 3.63) is 52.0 Å². The van der Waals surface area contributed by atoms with Crippen LogP contribution in [0.4, 0.5) is 0 Å². The molecule has 7 heteroatoms. The van der Waals surface area contributed by atoms with Gasteiger partial charge in [0.15, 0.2) is 11.5 Å². The van der Waals surface area contributed by atoms with Gasteiger partial charge in [0.25, 0.3) is 5.91 Å². The molecule has 0 bridgehead atoms. The maximum atomic E-state index is 12.4. The van der Waals surface area contributed by atoms with Crippen LogP contribution in [0.5, 0.6) is 17.2 Å². The summed E-state index contributed by atoms with van der Waals surface area (Å²) in [6.07, 6.45) is 0. The Balaban J connectivity index is 2.23. The van der Waals surface area contributed by atoms with Crippen LogP contribution in [0.25, 0.3) is 0 Å². The lowest BCUT2D eigenvalue weighted by Gasteiger charge is -2.13. The Morgan fingerprint density at radius 2 is 1.52 bits per heavy atom. The summed E-state index contributed by atoms with van der Waals surface area (Å²) in [5.74, 6) is 0.855. The number of rotatable bonds is 6. The predicted octanol–water partition coefficient (Wildman–Crippen LogP) is 3.63. The van der Waals surface area contributed by atoms with E-state index in [4.69, 9.17) is 14.2 Å². The van der Waals surface area contributed by atoms with Crippen LogP contribution in [-0.4, -0.2) is 32.9 Å². The molecule has 0 saturated carbocycles. The highest BCUT2D eigenvalue weighted by atomic mass is 79.9. The van der Waals surface area contributed by atoms with E-state index in [1.807, 2.05) is 31.2 Å². The summed E-state index contributed by atoms with van der Waals surface area (Å²) >= 11 is 3.38. The number of halogens is 1. The third kappa shape index (κ3) is 4.51. The third-order valence-electron chi connectivity index (χ3n) is 3.51. The quantitative estimate of drug-likeness (QED) is 0.587. The number of hydrogen-bond acceptors (Lipinski definition) is 5. The van der Waals surface area contributed by atoms with Crippen LogP contribution in [0.1, 0.15) is 22.8 Å². The van der Waals surface area contributed by atoms with Crippen LogP contribution < -0.4 is 19.6 Å². The Hall–Kier alpha value is -2.54. The van der Waals surface area contributed by atoms with E-state index in [9.17, 15) is 4.79 Å². The summed E-state index contributed by atoms with van der Waals surface area (Å²) in [6.45, 7) is 1.82. The van der Waals surface area contributed by atoms with Crippen molar-refractivity contribution in [3.63, 3.8) is 0 Å². The van der Waals surface area contributed by atoms with E-state index in [1.165, 1.54) is 21.3 Å². The summed E-state index contributed by atoms with van der Waals surface area (Å²) in [5, 5.41) is 4.14. The average molecular weight is 407 g/mol. The van der Waals surface area contributed by atoms with Crippen molar-refractivity contribution < 1.29 is 19.0 Å². The van der Waals surface area contributed by atoms with E-state index in [0.717, 1.165) is 10.0 Å². The standard InChI is InChI=1S/C18H19BrN2O4/c1-11(12-5-7-14(19)8-6-12)20-21-18(22)13-9-15(23-2)17(25-4)16(10-13)24-3/h5-10H,1-4H3,(H,21,22). The molecule has 0 spiro atoms. The normalized spacial score (nSPS) is 11.0. The number of carbonyl (C=O) groups is 1. The number of carbonyl (C=O) groups excluding carboxylic acids is 1. The third-order valence-corrected chi connectivity index (χ3v) is 4.04. The molecule has 0 heterocycles. The van der Waals surface area contributed by atoms with Crippen molar-refractivity contribution in [2.45, 2.75) is 6.92 Å². The molecule has 0 saturated heterocycles. The fourth-order valence-electron chi connectivity index (χ4n) is 2.17. The maximum Gasteiger partial charge on any atom is 0.271 e. The molecule has 1 N–H and O–H groups in total. The van der Waals surface area contributed by atoms with Crippen molar-refractivity contribution in [1.29, 1.82) is 0 Å². The van der Waals surface area contributed by atoms with Gasteiger partial charge in [-0.2, -0.15) is 5.10 Å². The minimum Gasteiger partial charge on any atom is -0.493 e. The summed E-state index contributed by atoms with van der Waals surface area (Å²) in [5.41, 5.74) is 4.49. The molecule has 1 amide bonds. The summed E-state index contributed by atoms with van der Waals surface area (Å²) in [4.78, 5) is 12.4. The number of hydrazone groups is 1. The minimum absolute atomic E-state index is 0.349. The first kappa shape index (κ1) is 18.8. The monoisotopic (exact) mass is 406 g/mol. The molecule has 0 aromatic heterocycles. The Morgan fingerprint density at radius 3 is 2.00 bits per heavy atom. The zero-order chi connectivity index (χ0) is 18.4. The number of hydrogen-bond donors (Lipinski definition) is 1. The Labute approximate surface area is 154 Å². The van der Waals surface area contributed by atoms with Crippen molar-refractivity contribution in [1.82, 2.24) is 5.43 Å². The lowest BCUT2D eigenvalue weighted by atomic mass is 10.1. The Kier molecular flexibility index (Phi) is 6.41. The predicted molar refractivity (Wildman–Crippen MR) is 99.9 cm³/mol. The van der Waals surface area contributed by atoms with Crippen LogP contribution in [0.3, 0.4) is 0 Å². The average Bonchev–Trinajstić information content (AvgIpc) is 2.64. The molecule has 0 aliphatic carbocycles. The van der Waals surface area contributed by atoms with Gasteiger partial charge in [0.2, 0.25) is 5.75 Å². The van der Waals surface area contributed by atoms with Gasteiger partial charge in [-0.25, -0.2) is 5.43 Å². The van der Waals surface area contributed by atoms with Gasteiger partial charge in [0.1, 0.15) is 0 Å². The smallest absolute Gasteiger partial charge is 0.271 e. The molecule has 6 nitrogen and oxygen atoms in total. The van der Waals surface area contributed by atoms with E-state index in [2.05, 4.69) is 26.5 Å². The van der Waals surface area contributed by atoms with Crippen molar-refractivity contribution in [3.8, 4) is 17.2 Å². The van der Waals surface area contributed by atoms with E-state index in [1.54, 1.807) is 12.1 Å². The molecule has 25 heavy (non-hydrogen) atoms. The van der Waals surface area contributed by atoms with Gasteiger partial charge < -0.3 is 14.2 Å². The first-order valence-corrected chi connectivity index (χ1v) is 8.20. The lowest BCUT2D eigenvalue weighted by molar-refractivity contribution is 0.0954. The molecular weight excluding hydrogens is 388 g/mol. The van der Waals surface area contributed by atoms with E-state index in [0.29, 0.717) is 28.5 Å². The largest absolute Gasteiger partial charge is 0.493 e. The number of nitrogens with one attached hydrogen (secondary N) is 1. The topological polar surface area (TPSA) is 69.2 Å². The summed E-state index contributed by atoms with van der Waals surface area (Å²) in [6, 6.07) is 10.8. The number of ether oxygens (including phenoxy) is 3. The highest BCUT2D eigenvalue weighted by Crippen LogP contribution is 2.38. The van der Waals surface area contributed by atoms with Gasteiger partial charge in [0, 0.05) is 10.0 Å². The zero-order valence-electron chi connectivity index (χ0n) is 14.4. The van der Waals surface area contributed by atoms with Gasteiger partial charge in [-0.15, -0.1) is 0 Å². The highest BCUT2D eigenvalue weighted by molar-refractivity contribution is 9.10. The van der Waals surface area contributed by atoms with Gasteiger partial charge >= 0.3 is 0 Å². The van der Waals surface area contributed by atoms with Crippen LogP contribution in [-0.2, 0) is 0 Å². The van der Waals surface area contributed by atoms with E-state index >= 15 is 0 Å². The summed E-state index contributed by atoms with van der Waals surface area (Å²) < 4.78 is 16.7. The number of nitrogens with zero attached hydrogens (tertiary/aromatic N) is 1. The van der Waals surface area contributed by atoms with Gasteiger partial charge in [0.05, 0.1) is 27.0 Å². The number of amides is 1. The van der Waals surface area contributed by atoms with Gasteiger partial charge in [-0.05, 0) is 36.8 Å². The van der Waals surface area contributed by atoms with Gasteiger partial charge in [-0.1, -0.05) is 28.1 Å². The molecule has 0 fully saturated rings.